The summed E-state index contributed by atoms with van der Waals surface area (Å²) in [5, 5.41) is 4.82. The molecule has 0 radical (unpaired) electrons. The minimum absolute atomic E-state index is 0.109. The van der Waals surface area contributed by atoms with E-state index in [1.807, 2.05) is 19.1 Å². The summed E-state index contributed by atoms with van der Waals surface area (Å²) in [6.07, 6.45) is 3.24. The number of anilines is 1. The predicted octanol–water partition coefficient (Wildman–Crippen LogP) is 2.63. The second kappa shape index (κ2) is 7.02. The summed E-state index contributed by atoms with van der Waals surface area (Å²) in [7, 11) is -3.83. The Morgan fingerprint density at radius 1 is 1.10 bits per heavy atom. The van der Waals surface area contributed by atoms with Crippen LogP contribution < -0.4 is 10.5 Å². The average Bonchev–Trinajstić information content (AvgIpc) is 3.18. The van der Waals surface area contributed by atoms with Gasteiger partial charge in [0.25, 0.3) is 15.9 Å². The summed E-state index contributed by atoms with van der Waals surface area (Å²) in [6, 6.07) is 15.0. The van der Waals surface area contributed by atoms with E-state index in [0.717, 1.165) is 10.9 Å². The number of para-hydroxylation sites is 1. The zero-order chi connectivity index (χ0) is 20.6. The van der Waals surface area contributed by atoms with Gasteiger partial charge >= 0.3 is 0 Å². The molecule has 0 spiro atoms. The van der Waals surface area contributed by atoms with Crippen molar-refractivity contribution in [1.82, 2.24) is 14.8 Å². The van der Waals surface area contributed by atoms with Crippen molar-refractivity contribution in [1.29, 1.82) is 0 Å². The molecule has 0 bridgehead atoms. The van der Waals surface area contributed by atoms with E-state index in [1.54, 1.807) is 42.7 Å². The van der Waals surface area contributed by atoms with Gasteiger partial charge in [0.1, 0.15) is 10.6 Å². The maximum atomic E-state index is 12.9. The molecule has 146 valence electrons. The molecule has 4 aromatic rings. The van der Waals surface area contributed by atoms with E-state index >= 15 is 0 Å². The lowest BCUT2D eigenvalue weighted by atomic mass is 10.2. The quantitative estimate of drug-likeness (QED) is 0.527. The van der Waals surface area contributed by atoms with Crippen molar-refractivity contribution in [2.24, 2.45) is 5.73 Å². The summed E-state index contributed by atoms with van der Waals surface area (Å²) in [5.41, 5.74) is 7.76. The van der Waals surface area contributed by atoms with Crippen molar-refractivity contribution in [2.45, 2.75) is 11.8 Å². The molecule has 2 heterocycles. The van der Waals surface area contributed by atoms with Crippen LogP contribution in [0.3, 0.4) is 0 Å². The van der Waals surface area contributed by atoms with Gasteiger partial charge in [-0.05, 0) is 55.0 Å². The number of carbonyl (C=O) groups excluding carboxylic acids is 1. The number of hydrogen-bond donors (Lipinski definition) is 2. The SMILES string of the molecule is Cc1cnc2c(S(=O)(=O)Nc3ccc(-n4ccc(C(N)=O)n4)cc3)cccc2c1. The summed E-state index contributed by atoms with van der Waals surface area (Å²) < 4.78 is 29.9. The molecular formula is C20H17N5O3S. The Kier molecular flexibility index (Phi) is 4.51. The second-order valence-corrected chi connectivity index (χ2v) is 8.15. The molecule has 29 heavy (non-hydrogen) atoms. The van der Waals surface area contributed by atoms with Gasteiger partial charge < -0.3 is 5.73 Å². The Morgan fingerprint density at radius 2 is 1.86 bits per heavy atom. The lowest BCUT2D eigenvalue weighted by molar-refractivity contribution is 0.0995. The van der Waals surface area contributed by atoms with Gasteiger partial charge in [0.05, 0.1) is 11.2 Å². The van der Waals surface area contributed by atoms with Crippen LogP contribution in [0.15, 0.2) is 71.9 Å². The number of aromatic nitrogens is 3. The molecule has 9 heteroatoms. The lowest BCUT2D eigenvalue weighted by Gasteiger charge is -2.11. The van der Waals surface area contributed by atoms with Gasteiger partial charge in [0.2, 0.25) is 0 Å². The van der Waals surface area contributed by atoms with Crippen LogP contribution in [-0.2, 0) is 10.0 Å². The van der Waals surface area contributed by atoms with E-state index < -0.39 is 15.9 Å². The Balaban J connectivity index is 1.62. The van der Waals surface area contributed by atoms with E-state index in [1.165, 1.54) is 16.8 Å². The molecule has 0 aliphatic carbocycles. The molecule has 8 nitrogen and oxygen atoms in total. The minimum atomic E-state index is -3.83. The molecule has 0 saturated carbocycles. The Hall–Kier alpha value is -3.72. The van der Waals surface area contributed by atoms with Crippen LogP contribution in [0.5, 0.6) is 0 Å². The normalized spacial score (nSPS) is 11.5. The molecular weight excluding hydrogens is 390 g/mol. The lowest BCUT2D eigenvalue weighted by Crippen LogP contribution is -2.14. The third-order valence-corrected chi connectivity index (χ3v) is 5.74. The number of benzene rings is 2. The third-order valence-electron chi connectivity index (χ3n) is 4.33. The predicted molar refractivity (Wildman–Crippen MR) is 109 cm³/mol. The molecule has 0 atom stereocenters. The van der Waals surface area contributed by atoms with Gasteiger partial charge in [0, 0.05) is 23.5 Å². The molecule has 0 unspecified atom stereocenters. The minimum Gasteiger partial charge on any atom is -0.364 e. The van der Waals surface area contributed by atoms with Crippen LogP contribution in [0.25, 0.3) is 16.6 Å². The Bertz CT molecular complexity index is 1330. The zero-order valence-corrected chi connectivity index (χ0v) is 16.2. The summed E-state index contributed by atoms with van der Waals surface area (Å²) in [5.74, 6) is -0.618. The highest BCUT2D eigenvalue weighted by Crippen LogP contribution is 2.24. The number of nitrogens with zero attached hydrogens (tertiary/aromatic N) is 3. The molecule has 2 aromatic carbocycles. The standard InChI is InChI=1S/C20H17N5O3S/c1-13-11-14-3-2-4-18(19(14)22-12-13)29(27,28)24-15-5-7-16(8-6-15)25-10-9-17(23-25)20(21)26/h2-12,24H,1H3,(H2,21,26). The number of primary amides is 1. The van der Waals surface area contributed by atoms with Crippen LogP contribution >= 0.6 is 0 Å². The molecule has 1 amide bonds. The van der Waals surface area contributed by atoms with Crippen LogP contribution in [0.4, 0.5) is 5.69 Å². The van der Waals surface area contributed by atoms with E-state index in [4.69, 9.17) is 5.73 Å². The van der Waals surface area contributed by atoms with E-state index in [2.05, 4.69) is 14.8 Å². The topological polar surface area (TPSA) is 120 Å². The monoisotopic (exact) mass is 407 g/mol. The summed E-state index contributed by atoms with van der Waals surface area (Å²) >= 11 is 0. The van der Waals surface area contributed by atoms with Crippen LogP contribution in [-0.4, -0.2) is 29.1 Å². The molecule has 0 aliphatic rings. The van der Waals surface area contributed by atoms with Crippen molar-refractivity contribution >= 4 is 32.5 Å². The first-order chi connectivity index (χ1) is 13.8. The van der Waals surface area contributed by atoms with Crippen LogP contribution in [0.1, 0.15) is 16.1 Å². The fraction of sp³-hybridized carbons (Fsp3) is 0.0500. The summed E-state index contributed by atoms with van der Waals surface area (Å²) in [6.45, 7) is 1.90. The first-order valence-corrected chi connectivity index (χ1v) is 10.2. The molecule has 4 rings (SSSR count). The van der Waals surface area contributed by atoms with Crippen molar-refractivity contribution in [3.05, 3.63) is 78.2 Å². The molecule has 0 fully saturated rings. The highest BCUT2D eigenvalue weighted by Gasteiger charge is 2.18. The smallest absolute Gasteiger partial charge is 0.269 e. The molecule has 0 saturated heterocycles. The number of nitrogens with one attached hydrogen (secondary N) is 1. The number of pyridine rings is 1. The largest absolute Gasteiger partial charge is 0.364 e. The van der Waals surface area contributed by atoms with Gasteiger partial charge in [-0.15, -0.1) is 0 Å². The maximum absolute atomic E-state index is 12.9. The highest BCUT2D eigenvalue weighted by atomic mass is 32.2. The van der Waals surface area contributed by atoms with Crippen LogP contribution in [0.2, 0.25) is 0 Å². The second-order valence-electron chi connectivity index (χ2n) is 6.50. The number of sulfonamides is 1. The van der Waals surface area contributed by atoms with Gasteiger partial charge in [-0.1, -0.05) is 12.1 Å². The number of fused-ring (bicyclic) bond motifs is 1. The number of rotatable bonds is 5. The third kappa shape index (κ3) is 3.67. The highest BCUT2D eigenvalue weighted by molar-refractivity contribution is 7.93. The molecule has 3 N–H and O–H groups in total. The van der Waals surface area contributed by atoms with Crippen molar-refractivity contribution < 1.29 is 13.2 Å². The van der Waals surface area contributed by atoms with Gasteiger partial charge in [-0.3, -0.25) is 14.5 Å². The average molecular weight is 407 g/mol. The van der Waals surface area contributed by atoms with Gasteiger partial charge in [0.15, 0.2) is 0 Å². The van der Waals surface area contributed by atoms with Crippen molar-refractivity contribution in [2.75, 3.05) is 4.72 Å². The number of nitrogens with two attached hydrogens (primary N) is 1. The molecule has 2 aromatic heterocycles. The number of aryl methyl sites for hydroxylation is 1. The fourth-order valence-corrected chi connectivity index (χ4v) is 4.19. The van der Waals surface area contributed by atoms with E-state index in [-0.39, 0.29) is 10.6 Å². The number of carbonyl (C=O) groups is 1. The van der Waals surface area contributed by atoms with E-state index in [0.29, 0.717) is 16.9 Å². The van der Waals surface area contributed by atoms with Crippen molar-refractivity contribution in [3.63, 3.8) is 0 Å². The summed E-state index contributed by atoms with van der Waals surface area (Å²) in [4.78, 5) is 15.6. The molecule has 0 aliphatic heterocycles. The fourth-order valence-electron chi connectivity index (χ4n) is 2.95. The van der Waals surface area contributed by atoms with Crippen molar-refractivity contribution in [3.8, 4) is 5.69 Å². The first-order valence-electron chi connectivity index (χ1n) is 8.68. The Labute approximate surface area is 167 Å². The number of amides is 1. The zero-order valence-electron chi connectivity index (χ0n) is 15.4. The Morgan fingerprint density at radius 3 is 2.55 bits per heavy atom. The number of hydrogen-bond acceptors (Lipinski definition) is 5. The van der Waals surface area contributed by atoms with Gasteiger partial charge in [-0.2, -0.15) is 5.10 Å². The van der Waals surface area contributed by atoms with E-state index in [9.17, 15) is 13.2 Å². The van der Waals surface area contributed by atoms with Gasteiger partial charge in [-0.25, -0.2) is 13.1 Å². The first kappa shape index (κ1) is 18.6. The maximum Gasteiger partial charge on any atom is 0.269 e. The van der Waals surface area contributed by atoms with Crippen LogP contribution in [0, 0.1) is 6.92 Å².